The molecule has 0 spiro atoms. The quantitative estimate of drug-likeness (QED) is 0.676. The predicted molar refractivity (Wildman–Crippen MR) is 95.1 cm³/mol. The van der Waals surface area contributed by atoms with E-state index in [1.165, 1.54) is 16.5 Å². The van der Waals surface area contributed by atoms with Gasteiger partial charge in [0.2, 0.25) is 0 Å². The van der Waals surface area contributed by atoms with Crippen LogP contribution in [-0.2, 0) is 0 Å². The first-order valence-electron chi connectivity index (χ1n) is 7.70. The smallest absolute Gasteiger partial charge is 0.0577 e. The summed E-state index contributed by atoms with van der Waals surface area (Å²) in [5, 5.41) is 3.45. The highest BCUT2D eigenvalue weighted by atomic mass is 32.3. The van der Waals surface area contributed by atoms with E-state index in [-0.39, 0.29) is 0 Å². The Labute approximate surface area is 125 Å². The Balaban J connectivity index is 2.79. The van der Waals surface area contributed by atoms with Gasteiger partial charge in [-0.3, -0.25) is 0 Å². The first-order valence-corrected chi connectivity index (χ1v) is 9.48. The van der Waals surface area contributed by atoms with Crippen molar-refractivity contribution in [1.82, 2.24) is 3.97 Å². The maximum Gasteiger partial charge on any atom is 0.0577 e. The van der Waals surface area contributed by atoms with Crippen molar-refractivity contribution >= 4 is 21.1 Å². The fourth-order valence-electron chi connectivity index (χ4n) is 3.89. The molecule has 20 heavy (non-hydrogen) atoms. The number of aromatic nitrogens is 1. The van der Waals surface area contributed by atoms with Crippen LogP contribution in [0.5, 0.6) is 0 Å². The van der Waals surface area contributed by atoms with Crippen molar-refractivity contribution in [2.45, 2.75) is 64.2 Å². The molecule has 2 heteroatoms. The second-order valence-electron chi connectivity index (χ2n) is 6.52. The first-order chi connectivity index (χ1) is 9.33. The van der Waals surface area contributed by atoms with Crippen molar-refractivity contribution in [2.75, 3.05) is 0 Å². The van der Waals surface area contributed by atoms with Gasteiger partial charge in [-0.25, -0.2) is 0 Å². The van der Waals surface area contributed by atoms with Gasteiger partial charge in [-0.2, -0.15) is 10.2 Å². The van der Waals surface area contributed by atoms with Gasteiger partial charge < -0.3 is 3.97 Å². The molecule has 0 aliphatic heterocycles. The molecule has 0 radical (unpaired) electrons. The lowest BCUT2D eigenvalue weighted by atomic mass is 10.1. The second kappa shape index (κ2) is 5.48. The third-order valence-corrected chi connectivity index (χ3v) is 10.1. The van der Waals surface area contributed by atoms with Gasteiger partial charge in [-0.1, -0.05) is 53.7 Å². The lowest BCUT2D eigenvalue weighted by Gasteiger charge is -2.52. The Hall–Kier alpha value is -0.890. The van der Waals surface area contributed by atoms with Gasteiger partial charge >= 0.3 is 0 Å². The van der Waals surface area contributed by atoms with Gasteiger partial charge in [0.25, 0.3) is 0 Å². The molecule has 0 unspecified atom stereocenters. The normalized spacial score (nSPS) is 13.9. The van der Waals surface area contributed by atoms with Crippen molar-refractivity contribution in [3.63, 3.8) is 0 Å². The number of benzene rings is 1. The summed E-state index contributed by atoms with van der Waals surface area (Å²) in [7, 11) is -0.908. The van der Waals surface area contributed by atoms with E-state index in [9.17, 15) is 0 Å². The number of nitrogens with zero attached hydrogens (tertiary/aromatic N) is 1. The highest BCUT2D eigenvalue weighted by molar-refractivity contribution is 8.33. The van der Waals surface area contributed by atoms with Gasteiger partial charge in [0.15, 0.2) is 0 Å². The summed E-state index contributed by atoms with van der Waals surface area (Å²) in [5.41, 5.74) is 2.79. The van der Waals surface area contributed by atoms with Crippen LogP contribution in [0.25, 0.3) is 10.9 Å². The number of rotatable bonds is 4. The van der Waals surface area contributed by atoms with E-state index >= 15 is 0 Å². The number of hydrogen-bond donors (Lipinski definition) is 0. The maximum absolute atomic E-state index is 2.63. The molecule has 0 atom stereocenters. The Morgan fingerprint density at radius 2 is 1.40 bits per heavy atom. The molecule has 0 bridgehead atoms. The van der Waals surface area contributed by atoms with Crippen molar-refractivity contribution in [2.24, 2.45) is 0 Å². The van der Waals surface area contributed by atoms with E-state index in [0.717, 1.165) is 0 Å². The van der Waals surface area contributed by atoms with Crippen molar-refractivity contribution in [1.29, 1.82) is 0 Å². The molecular formula is C18H29NS. The highest BCUT2D eigenvalue weighted by Gasteiger charge is 2.36. The zero-order valence-electron chi connectivity index (χ0n) is 14.0. The lowest BCUT2D eigenvalue weighted by Crippen LogP contribution is -2.33. The molecule has 1 nitrogen and oxygen atoms in total. The number of hydrogen-bond acceptors (Lipinski definition) is 0. The average Bonchev–Trinajstić information content (AvgIpc) is 2.74. The fourth-order valence-corrected chi connectivity index (χ4v) is 9.29. The van der Waals surface area contributed by atoms with Crippen LogP contribution in [-0.4, -0.2) is 19.7 Å². The number of aryl methyl sites for hydroxylation is 1. The van der Waals surface area contributed by atoms with Gasteiger partial charge in [-0.05, 0) is 24.6 Å². The van der Waals surface area contributed by atoms with Gasteiger partial charge in [0.05, 0.1) is 5.52 Å². The fraction of sp³-hybridized carbons (Fsp3) is 0.556. The Morgan fingerprint density at radius 3 is 1.90 bits per heavy atom. The predicted octanol–water partition coefficient (Wildman–Crippen LogP) is 5.74. The number of fused-ring (bicyclic) bond motifs is 1. The molecule has 0 saturated carbocycles. The highest BCUT2D eigenvalue weighted by Crippen LogP contribution is 2.62. The largest absolute Gasteiger partial charge is 0.309 e. The molecule has 1 aromatic carbocycles. The molecule has 112 valence electrons. The van der Waals surface area contributed by atoms with Crippen LogP contribution in [0.4, 0.5) is 0 Å². The molecule has 2 rings (SSSR count). The zero-order valence-corrected chi connectivity index (χ0v) is 14.8. The Bertz CT molecular complexity index is 571. The molecule has 0 amide bonds. The Morgan fingerprint density at radius 1 is 0.850 bits per heavy atom. The molecule has 0 N–H and O–H groups in total. The van der Waals surface area contributed by atoms with Crippen molar-refractivity contribution < 1.29 is 0 Å². The summed E-state index contributed by atoms with van der Waals surface area (Å²) >= 11 is 0. The van der Waals surface area contributed by atoms with E-state index in [2.05, 4.69) is 82.9 Å². The minimum Gasteiger partial charge on any atom is -0.309 e. The molecule has 1 heterocycles. The molecule has 0 fully saturated rings. The molecule has 0 aliphatic rings. The summed E-state index contributed by atoms with van der Waals surface area (Å²) in [5.74, 6) is 0. The molecule has 0 aliphatic carbocycles. The summed E-state index contributed by atoms with van der Waals surface area (Å²) in [4.78, 5) is 0. The summed E-state index contributed by atoms with van der Waals surface area (Å²) in [6.45, 7) is 16.6. The second-order valence-corrected chi connectivity index (χ2v) is 11.2. The summed E-state index contributed by atoms with van der Waals surface area (Å²) in [6, 6.07) is 9.00. The third kappa shape index (κ3) is 2.09. The average molecular weight is 292 g/mol. The first kappa shape index (κ1) is 15.5. The van der Waals surface area contributed by atoms with Crippen LogP contribution < -0.4 is 0 Å². The van der Waals surface area contributed by atoms with E-state index in [4.69, 9.17) is 0 Å². The van der Waals surface area contributed by atoms with Gasteiger partial charge in [0, 0.05) is 27.3 Å². The maximum atomic E-state index is 2.63. The van der Waals surface area contributed by atoms with E-state index in [0.29, 0.717) is 15.7 Å². The van der Waals surface area contributed by atoms with Gasteiger partial charge in [-0.15, -0.1) is 0 Å². The van der Waals surface area contributed by atoms with Crippen LogP contribution >= 0.6 is 10.2 Å². The van der Waals surface area contributed by atoms with E-state index < -0.39 is 10.2 Å². The van der Waals surface area contributed by atoms with Crippen LogP contribution in [0.3, 0.4) is 0 Å². The van der Waals surface area contributed by atoms with Crippen LogP contribution in [0.15, 0.2) is 30.5 Å². The summed E-state index contributed by atoms with van der Waals surface area (Å²) in [6.07, 6.45) is 2.34. The van der Waals surface area contributed by atoms with E-state index in [1.807, 2.05) is 0 Å². The minimum absolute atomic E-state index is 0.679. The standard InChI is InChI=1S/C18H29NS/c1-13(2)20(14(3)4,15(5)6)19-12-11-17-16(7)9-8-10-18(17)19/h8-15H,1-7H3. The van der Waals surface area contributed by atoms with Crippen molar-refractivity contribution in [3.05, 3.63) is 36.0 Å². The lowest BCUT2D eigenvalue weighted by molar-refractivity contribution is 0.915. The van der Waals surface area contributed by atoms with E-state index in [1.54, 1.807) is 0 Å². The molecular weight excluding hydrogens is 262 g/mol. The minimum atomic E-state index is -0.908. The SMILES string of the molecule is Cc1cccc2c1ccn2S(C(C)C)(C(C)C)C(C)C. The monoisotopic (exact) mass is 291 g/mol. The zero-order chi connectivity index (χ0) is 15.1. The third-order valence-electron chi connectivity index (χ3n) is 4.52. The molecule has 2 aromatic rings. The van der Waals surface area contributed by atoms with Crippen molar-refractivity contribution in [3.8, 4) is 0 Å². The topological polar surface area (TPSA) is 4.93 Å². The van der Waals surface area contributed by atoms with Crippen LogP contribution in [0.2, 0.25) is 0 Å². The molecule has 1 aromatic heterocycles. The molecule has 0 saturated heterocycles. The van der Waals surface area contributed by atoms with Crippen LogP contribution in [0.1, 0.15) is 47.1 Å². The summed E-state index contributed by atoms with van der Waals surface area (Å²) < 4.78 is 2.63. The Kier molecular flexibility index (Phi) is 4.24. The van der Waals surface area contributed by atoms with Crippen LogP contribution in [0, 0.1) is 6.92 Å². The van der Waals surface area contributed by atoms with Gasteiger partial charge in [0.1, 0.15) is 0 Å².